The van der Waals surface area contributed by atoms with E-state index in [1.165, 1.54) is 0 Å². The van der Waals surface area contributed by atoms with Gasteiger partial charge in [0.05, 0.1) is 31.5 Å². The Morgan fingerprint density at radius 3 is 2.57 bits per heavy atom. The van der Waals surface area contributed by atoms with Crippen LogP contribution in [-0.2, 0) is 0 Å². The lowest BCUT2D eigenvalue weighted by atomic mass is 9.95. The molecule has 30 heavy (non-hydrogen) atoms. The fourth-order valence-corrected chi connectivity index (χ4v) is 4.15. The summed E-state index contributed by atoms with van der Waals surface area (Å²) in [5, 5.41) is 17.2. The van der Waals surface area contributed by atoms with Crippen LogP contribution in [0.3, 0.4) is 0 Å². The Morgan fingerprint density at radius 2 is 1.77 bits per heavy atom. The SMILES string of the molecule is COc1ccc(OC)c([C@@H]2Oc3ccccc3[C@H]3CC(c4ccccc4O)=NN32)c1. The molecular formula is C24H22N2O4. The van der Waals surface area contributed by atoms with Crippen molar-refractivity contribution in [2.24, 2.45) is 5.10 Å². The molecule has 3 aromatic rings. The average Bonchev–Trinajstić information content (AvgIpc) is 3.24. The number of phenolic OH excluding ortho intramolecular Hbond substituents is 1. The molecule has 0 fully saturated rings. The first-order valence-corrected chi connectivity index (χ1v) is 9.81. The van der Waals surface area contributed by atoms with Gasteiger partial charge in [-0.1, -0.05) is 30.3 Å². The summed E-state index contributed by atoms with van der Waals surface area (Å²) in [6, 6.07) is 20.9. The number of benzene rings is 3. The smallest absolute Gasteiger partial charge is 0.217 e. The molecule has 0 radical (unpaired) electrons. The number of para-hydroxylation sites is 2. The van der Waals surface area contributed by atoms with Gasteiger partial charge in [0, 0.05) is 17.5 Å². The number of methoxy groups -OCH3 is 2. The molecule has 2 aliphatic rings. The molecule has 2 aliphatic heterocycles. The van der Waals surface area contributed by atoms with Crippen LogP contribution in [0.5, 0.6) is 23.0 Å². The maximum atomic E-state index is 10.4. The zero-order chi connectivity index (χ0) is 20.7. The van der Waals surface area contributed by atoms with Gasteiger partial charge in [-0.2, -0.15) is 5.10 Å². The second-order valence-electron chi connectivity index (χ2n) is 7.28. The van der Waals surface area contributed by atoms with Gasteiger partial charge in [0.25, 0.3) is 0 Å². The minimum absolute atomic E-state index is 0.00883. The molecule has 0 spiro atoms. The van der Waals surface area contributed by atoms with Gasteiger partial charge in [0.1, 0.15) is 23.0 Å². The van der Waals surface area contributed by atoms with E-state index in [0.717, 1.165) is 28.2 Å². The third-order valence-electron chi connectivity index (χ3n) is 5.62. The molecule has 0 aromatic heterocycles. The molecule has 5 rings (SSSR count). The Labute approximate surface area is 174 Å². The van der Waals surface area contributed by atoms with Crippen LogP contribution >= 0.6 is 0 Å². The molecule has 6 nitrogen and oxygen atoms in total. The van der Waals surface area contributed by atoms with Crippen molar-refractivity contribution in [3.05, 3.63) is 83.4 Å². The van der Waals surface area contributed by atoms with Crippen LogP contribution in [0.1, 0.15) is 35.4 Å². The highest BCUT2D eigenvalue weighted by molar-refractivity contribution is 6.04. The van der Waals surface area contributed by atoms with Crippen molar-refractivity contribution in [3.8, 4) is 23.0 Å². The zero-order valence-corrected chi connectivity index (χ0v) is 16.8. The van der Waals surface area contributed by atoms with Crippen LogP contribution in [0, 0.1) is 0 Å². The number of nitrogens with zero attached hydrogens (tertiary/aromatic N) is 2. The highest BCUT2D eigenvalue weighted by Gasteiger charge is 2.42. The van der Waals surface area contributed by atoms with Crippen LogP contribution in [0.2, 0.25) is 0 Å². The summed E-state index contributed by atoms with van der Waals surface area (Å²) < 4.78 is 17.5. The number of hydrogen-bond acceptors (Lipinski definition) is 6. The predicted molar refractivity (Wildman–Crippen MR) is 113 cm³/mol. The second kappa shape index (κ2) is 7.30. The lowest BCUT2D eigenvalue weighted by Gasteiger charge is -2.38. The molecule has 6 heteroatoms. The molecule has 3 aromatic carbocycles. The summed E-state index contributed by atoms with van der Waals surface area (Å²) in [6.45, 7) is 0. The molecule has 0 bridgehead atoms. The quantitative estimate of drug-likeness (QED) is 0.688. The molecule has 2 atom stereocenters. The van der Waals surface area contributed by atoms with Crippen LogP contribution in [0.15, 0.2) is 71.8 Å². The van der Waals surface area contributed by atoms with Gasteiger partial charge in [-0.3, -0.25) is 0 Å². The van der Waals surface area contributed by atoms with Gasteiger partial charge >= 0.3 is 0 Å². The van der Waals surface area contributed by atoms with Crippen molar-refractivity contribution in [3.63, 3.8) is 0 Å². The maximum absolute atomic E-state index is 10.4. The highest BCUT2D eigenvalue weighted by Crippen LogP contribution is 2.49. The molecule has 0 amide bonds. The van der Waals surface area contributed by atoms with E-state index in [-0.39, 0.29) is 11.8 Å². The molecule has 2 heterocycles. The summed E-state index contributed by atoms with van der Waals surface area (Å²) in [4.78, 5) is 0. The number of ether oxygens (including phenoxy) is 3. The molecule has 0 unspecified atom stereocenters. The van der Waals surface area contributed by atoms with E-state index >= 15 is 0 Å². The van der Waals surface area contributed by atoms with Gasteiger partial charge in [0.2, 0.25) is 6.23 Å². The van der Waals surface area contributed by atoms with Crippen molar-refractivity contribution in [1.82, 2.24) is 5.01 Å². The van der Waals surface area contributed by atoms with Gasteiger partial charge in [0.15, 0.2) is 0 Å². The van der Waals surface area contributed by atoms with Crippen molar-refractivity contribution < 1.29 is 19.3 Å². The number of phenols is 1. The van der Waals surface area contributed by atoms with Crippen molar-refractivity contribution in [2.75, 3.05) is 14.2 Å². The Bertz CT molecular complexity index is 1130. The summed E-state index contributed by atoms with van der Waals surface area (Å²) in [7, 11) is 3.27. The van der Waals surface area contributed by atoms with Crippen LogP contribution in [-0.4, -0.2) is 30.0 Å². The molecule has 0 saturated heterocycles. The maximum Gasteiger partial charge on any atom is 0.217 e. The topological polar surface area (TPSA) is 63.5 Å². The Hall–Kier alpha value is -3.67. The Balaban J connectivity index is 1.64. The van der Waals surface area contributed by atoms with E-state index in [1.807, 2.05) is 59.6 Å². The molecule has 0 saturated carbocycles. The van der Waals surface area contributed by atoms with E-state index in [4.69, 9.17) is 19.3 Å². The predicted octanol–water partition coefficient (Wildman–Crippen LogP) is 4.65. The summed E-state index contributed by atoms with van der Waals surface area (Å²) >= 11 is 0. The molecule has 0 aliphatic carbocycles. The number of aromatic hydroxyl groups is 1. The second-order valence-corrected chi connectivity index (χ2v) is 7.28. The van der Waals surface area contributed by atoms with E-state index in [0.29, 0.717) is 17.9 Å². The molecular weight excluding hydrogens is 380 g/mol. The fraction of sp³-hybridized carbons (Fsp3) is 0.208. The van der Waals surface area contributed by atoms with Gasteiger partial charge < -0.3 is 19.3 Å². The lowest BCUT2D eigenvalue weighted by Crippen LogP contribution is -2.33. The van der Waals surface area contributed by atoms with Crippen molar-refractivity contribution in [2.45, 2.75) is 18.7 Å². The highest BCUT2D eigenvalue weighted by atomic mass is 16.5. The average molecular weight is 402 g/mol. The number of hydrogen-bond donors (Lipinski definition) is 1. The van der Waals surface area contributed by atoms with Gasteiger partial charge in [-0.15, -0.1) is 0 Å². The number of hydrazone groups is 1. The third kappa shape index (κ3) is 2.92. The van der Waals surface area contributed by atoms with Crippen LogP contribution < -0.4 is 14.2 Å². The summed E-state index contributed by atoms with van der Waals surface area (Å²) in [5.41, 5.74) is 3.47. The minimum Gasteiger partial charge on any atom is -0.507 e. The third-order valence-corrected chi connectivity index (χ3v) is 5.62. The van der Waals surface area contributed by atoms with E-state index in [9.17, 15) is 5.11 Å². The van der Waals surface area contributed by atoms with Crippen molar-refractivity contribution >= 4 is 5.71 Å². The largest absolute Gasteiger partial charge is 0.507 e. The summed E-state index contributed by atoms with van der Waals surface area (Å²) in [5.74, 6) is 2.46. The van der Waals surface area contributed by atoms with Crippen molar-refractivity contribution in [1.29, 1.82) is 0 Å². The van der Waals surface area contributed by atoms with E-state index < -0.39 is 6.23 Å². The first-order chi connectivity index (χ1) is 14.7. The summed E-state index contributed by atoms with van der Waals surface area (Å²) in [6.07, 6.45) is 0.180. The van der Waals surface area contributed by atoms with Crippen LogP contribution in [0.4, 0.5) is 0 Å². The Morgan fingerprint density at radius 1 is 0.967 bits per heavy atom. The monoisotopic (exact) mass is 402 g/mol. The fourth-order valence-electron chi connectivity index (χ4n) is 4.15. The van der Waals surface area contributed by atoms with E-state index in [2.05, 4.69) is 6.07 Å². The lowest BCUT2D eigenvalue weighted by molar-refractivity contribution is -0.0204. The molecule has 1 N–H and O–H groups in total. The van der Waals surface area contributed by atoms with Gasteiger partial charge in [-0.25, -0.2) is 5.01 Å². The normalized spacial score (nSPS) is 19.4. The van der Waals surface area contributed by atoms with Gasteiger partial charge in [-0.05, 0) is 36.4 Å². The van der Waals surface area contributed by atoms with Crippen LogP contribution in [0.25, 0.3) is 0 Å². The minimum atomic E-state index is -0.488. The standard InChI is InChI=1S/C24H22N2O4/c1-28-15-11-12-22(29-2)18(13-15)24-26-20(17-8-4-6-10-23(17)30-24)14-19(25-26)16-7-3-5-9-21(16)27/h3-13,20,24,27H,14H2,1-2H3/t20-,24+/m1/s1. The number of rotatable bonds is 4. The number of fused-ring (bicyclic) bond motifs is 3. The zero-order valence-electron chi connectivity index (χ0n) is 16.8. The first-order valence-electron chi connectivity index (χ1n) is 9.81. The Kier molecular flexibility index (Phi) is 4.47. The molecule has 152 valence electrons. The first kappa shape index (κ1) is 18.4. The van der Waals surface area contributed by atoms with E-state index in [1.54, 1.807) is 20.3 Å².